The van der Waals surface area contributed by atoms with Crippen LogP contribution in [0.2, 0.25) is 0 Å². The first kappa shape index (κ1) is 15.6. The van der Waals surface area contributed by atoms with E-state index in [2.05, 4.69) is 22.2 Å². The Morgan fingerprint density at radius 3 is 2.21 bits per heavy atom. The minimum atomic E-state index is 0.691. The van der Waals surface area contributed by atoms with E-state index in [0.29, 0.717) is 5.69 Å². The second kappa shape index (κ2) is 7.82. The molecule has 0 fully saturated rings. The van der Waals surface area contributed by atoms with Crippen molar-refractivity contribution in [3.63, 3.8) is 0 Å². The van der Waals surface area contributed by atoms with Crippen LogP contribution in [-0.2, 0) is 6.42 Å². The number of azide groups is 1. The summed E-state index contributed by atoms with van der Waals surface area (Å²) in [7, 11) is 0. The van der Waals surface area contributed by atoms with Crippen molar-refractivity contribution in [1.82, 2.24) is 0 Å². The molecule has 0 amide bonds. The Hall–Kier alpha value is -3.29. The van der Waals surface area contributed by atoms with Crippen molar-refractivity contribution in [1.29, 1.82) is 0 Å². The summed E-state index contributed by atoms with van der Waals surface area (Å²) in [4.78, 5) is 3.01. The molecule has 0 heterocycles. The van der Waals surface area contributed by atoms with Crippen LogP contribution >= 0.6 is 0 Å². The molecule has 0 bridgehead atoms. The Kier molecular flexibility index (Phi) is 5.08. The summed E-state index contributed by atoms with van der Waals surface area (Å²) in [6.45, 7) is 0. The Bertz CT molecular complexity index is 877. The standard InChI is InChI=1S/C21H17N3/c22-24-23-21-19(15-14-17-8-3-1-4-9-17)12-7-13-20(21)16-18-10-5-2-6-11-18/h1-15H,16H2. The lowest BCUT2D eigenvalue weighted by atomic mass is 9.99. The highest BCUT2D eigenvalue weighted by Crippen LogP contribution is 2.28. The van der Waals surface area contributed by atoms with Crippen LogP contribution in [0.15, 0.2) is 84.0 Å². The maximum atomic E-state index is 8.95. The lowest BCUT2D eigenvalue weighted by Crippen LogP contribution is -1.90. The van der Waals surface area contributed by atoms with Crippen molar-refractivity contribution in [2.45, 2.75) is 6.42 Å². The van der Waals surface area contributed by atoms with E-state index in [1.54, 1.807) is 0 Å². The second-order valence-corrected chi connectivity index (χ2v) is 5.45. The third-order valence-electron chi connectivity index (χ3n) is 3.79. The van der Waals surface area contributed by atoms with Gasteiger partial charge in [-0.05, 0) is 34.2 Å². The van der Waals surface area contributed by atoms with E-state index < -0.39 is 0 Å². The summed E-state index contributed by atoms with van der Waals surface area (Å²) >= 11 is 0. The summed E-state index contributed by atoms with van der Waals surface area (Å²) in [5.41, 5.74) is 13.9. The SMILES string of the molecule is [N-]=[N+]=Nc1c(C=Cc2ccccc2)cccc1Cc1ccccc1. The summed E-state index contributed by atoms with van der Waals surface area (Å²) in [6, 6.07) is 26.2. The highest BCUT2D eigenvalue weighted by atomic mass is 15.1. The van der Waals surface area contributed by atoms with Gasteiger partial charge in [0.25, 0.3) is 0 Å². The van der Waals surface area contributed by atoms with Crippen molar-refractivity contribution >= 4 is 17.8 Å². The predicted molar refractivity (Wildman–Crippen MR) is 99.9 cm³/mol. The molecule has 0 radical (unpaired) electrons. The van der Waals surface area contributed by atoms with E-state index in [4.69, 9.17) is 5.53 Å². The van der Waals surface area contributed by atoms with Gasteiger partial charge in [-0.3, -0.25) is 0 Å². The molecule has 0 aromatic heterocycles. The first-order valence-electron chi connectivity index (χ1n) is 7.81. The molecular formula is C21H17N3. The van der Waals surface area contributed by atoms with Gasteiger partial charge in [-0.2, -0.15) is 0 Å². The second-order valence-electron chi connectivity index (χ2n) is 5.45. The average Bonchev–Trinajstić information content (AvgIpc) is 2.64. The average molecular weight is 311 g/mol. The van der Waals surface area contributed by atoms with Crippen LogP contribution < -0.4 is 0 Å². The molecule has 0 aliphatic carbocycles. The zero-order valence-corrected chi connectivity index (χ0v) is 13.2. The quantitative estimate of drug-likeness (QED) is 0.227. The lowest BCUT2D eigenvalue weighted by Gasteiger charge is -2.09. The fraction of sp³-hybridized carbons (Fsp3) is 0.0476. The van der Waals surface area contributed by atoms with Crippen molar-refractivity contribution in [3.05, 3.63) is 112 Å². The Labute approximate surface area is 141 Å². The zero-order chi connectivity index (χ0) is 16.6. The molecule has 0 aliphatic heterocycles. The molecule has 0 spiro atoms. The molecule has 0 aliphatic rings. The van der Waals surface area contributed by atoms with Crippen molar-refractivity contribution < 1.29 is 0 Å². The summed E-state index contributed by atoms with van der Waals surface area (Å²) in [5, 5.41) is 3.94. The van der Waals surface area contributed by atoms with Gasteiger partial charge in [0.2, 0.25) is 0 Å². The maximum Gasteiger partial charge on any atom is 0.0483 e. The van der Waals surface area contributed by atoms with E-state index in [9.17, 15) is 0 Å². The van der Waals surface area contributed by atoms with E-state index in [1.165, 1.54) is 5.56 Å². The molecule has 24 heavy (non-hydrogen) atoms. The Morgan fingerprint density at radius 1 is 0.792 bits per heavy atom. The third kappa shape index (κ3) is 3.92. The first-order chi connectivity index (χ1) is 11.9. The van der Waals surface area contributed by atoms with Crippen LogP contribution in [-0.4, -0.2) is 0 Å². The molecule has 0 saturated carbocycles. The molecule has 0 unspecified atom stereocenters. The molecule has 0 N–H and O–H groups in total. The van der Waals surface area contributed by atoms with E-state index in [0.717, 1.165) is 23.1 Å². The van der Waals surface area contributed by atoms with Gasteiger partial charge in [0.05, 0.1) is 0 Å². The highest BCUT2D eigenvalue weighted by molar-refractivity contribution is 5.77. The first-order valence-corrected chi connectivity index (χ1v) is 7.81. The lowest BCUT2D eigenvalue weighted by molar-refractivity contribution is 1.18. The van der Waals surface area contributed by atoms with Crippen LogP contribution in [0.25, 0.3) is 22.6 Å². The number of benzene rings is 3. The van der Waals surface area contributed by atoms with Crippen LogP contribution in [0.5, 0.6) is 0 Å². The van der Waals surface area contributed by atoms with E-state index >= 15 is 0 Å². The largest absolute Gasteiger partial charge is 0.0622 e. The number of hydrogen-bond acceptors (Lipinski definition) is 1. The van der Waals surface area contributed by atoms with Gasteiger partial charge in [-0.1, -0.05) is 96.1 Å². The molecule has 3 rings (SSSR count). The summed E-state index contributed by atoms with van der Waals surface area (Å²) in [5.74, 6) is 0. The highest BCUT2D eigenvalue weighted by Gasteiger charge is 2.06. The van der Waals surface area contributed by atoms with Crippen molar-refractivity contribution in [2.75, 3.05) is 0 Å². The minimum Gasteiger partial charge on any atom is -0.0622 e. The number of nitrogens with zero attached hydrogens (tertiary/aromatic N) is 3. The molecule has 3 aromatic rings. The zero-order valence-electron chi connectivity index (χ0n) is 13.2. The van der Waals surface area contributed by atoms with E-state index in [1.807, 2.05) is 78.9 Å². The van der Waals surface area contributed by atoms with Gasteiger partial charge >= 0.3 is 0 Å². The van der Waals surface area contributed by atoms with Gasteiger partial charge in [0.1, 0.15) is 0 Å². The van der Waals surface area contributed by atoms with Gasteiger partial charge < -0.3 is 0 Å². The smallest absolute Gasteiger partial charge is 0.0483 e. The van der Waals surface area contributed by atoms with Gasteiger partial charge in [-0.15, -0.1) is 0 Å². The van der Waals surface area contributed by atoms with Gasteiger partial charge in [0.15, 0.2) is 0 Å². The van der Waals surface area contributed by atoms with Crippen molar-refractivity contribution in [3.8, 4) is 0 Å². The van der Waals surface area contributed by atoms with Crippen LogP contribution in [0.3, 0.4) is 0 Å². The molecule has 3 heteroatoms. The van der Waals surface area contributed by atoms with Crippen LogP contribution in [0.4, 0.5) is 5.69 Å². The summed E-state index contributed by atoms with van der Waals surface area (Å²) in [6.07, 6.45) is 4.76. The monoisotopic (exact) mass is 311 g/mol. The molecule has 0 atom stereocenters. The predicted octanol–water partition coefficient (Wildman–Crippen LogP) is 6.39. The topological polar surface area (TPSA) is 48.8 Å². The number of rotatable bonds is 5. The third-order valence-corrected chi connectivity index (χ3v) is 3.79. The molecular weight excluding hydrogens is 294 g/mol. The Morgan fingerprint density at radius 2 is 1.50 bits per heavy atom. The fourth-order valence-corrected chi connectivity index (χ4v) is 2.62. The van der Waals surface area contributed by atoms with Crippen LogP contribution in [0.1, 0.15) is 22.3 Å². The van der Waals surface area contributed by atoms with Gasteiger partial charge in [0, 0.05) is 10.6 Å². The van der Waals surface area contributed by atoms with E-state index in [-0.39, 0.29) is 0 Å². The van der Waals surface area contributed by atoms with Crippen LogP contribution in [0, 0.1) is 0 Å². The maximum absolute atomic E-state index is 8.95. The number of hydrogen-bond donors (Lipinski definition) is 0. The van der Waals surface area contributed by atoms with Crippen molar-refractivity contribution in [2.24, 2.45) is 5.11 Å². The molecule has 3 nitrogen and oxygen atoms in total. The minimum absolute atomic E-state index is 0.691. The fourth-order valence-electron chi connectivity index (χ4n) is 2.62. The molecule has 3 aromatic carbocycles. The Balaban J connectivity index is 1.96. The molecule has 0 saturated heterocycles. The summed E-state index contributed by atoms with van der Waals surface area (Å²) < 4.78 is 0. The molecule has 116 valence electrons. The normalized spacial score (nSPS) is 10.5. The van der Waals surface area contributed by atoms with Gasteiger partial charge in [-0.25, -0.2) is 0 Å².